The Kier molecular flexibility index (Phi) is 7.35. The van der Waals surface area contributed by atoms with Crippen LogP contribution in [0.1, 0.15) is 16.8 Å². The molecule has 2 aromatic rings. The van der Waals surface area contributed by atoms with E-state index >= 15 is 0 Å². The van der Waals surface area contributed by atoms with Crippen LogP contribution in [0.25, 0.3) is 0 Å². The number of hydrogen-bond acceptors (Lipinski definition) is 6. The fourth-order valence-corrected chi connectivity index (χ4v) is 1.80. The Morgan fingerprint density at radius 1 is 1.36 bits per heavy atom. The van der Waals surface area contributed by atoms with Gasteiger partial charge in [0.15, 0.2) is 5.75 Å². The molecule has 0 atom stereocenters. The Morgan fingerprint density at radius 2 is 2.09 bits per heavy atom. The Morgan fingerprint density at radius 3 is 2.68 bits per heavy atom. The van der Waals surface area contributed by atoms with Crippen LogP contribution in [0, 0.1) is 13.8 Å². The molecular weight excluding hydrogens is 282 g/mol. The Bertz CT molecular complexity index is 604. The van der Waals surface area contributed by atoms with Crippen LogP contribution in [0.15, 0.2) is 30.7 Å². The van der Waals surface area contributed by atoms with Gasteiger partial charge in [0.2, 0.25) is 6.41 Å². The number of ether oxygens (including phenoxy) is 1. The first-order chi connectivity index (χ1) is 10.6. The van der Waals surface area contributed by atoms with Crippen LogP contribution in [-0.2, 0) is 11.4 Å². The second kappa shape index (κ2) is 9.30. The molecule has 0 spiro atoms. The maximum Gasteiger partial charge on any atom is 0.221 e. The number of hydrogen-bond donors (Lipinski definition) is 3. The molecule has 1 amide bonds. The van der Waals surface area contributed by atoms with Gasteiger partial charge in [0.1, 0.15) is 12.9 Å². The maximum absolute atomic E-state index is 8.94. The fourth-order valence-electron chi connectivity index (χ4n) is 1.80. The molecule has 0 bridgehead atoms. The third-order valence-corrected chi connectivity index (χ3v) is 2.99. The van der Waals surface area contributed by atoms with E-state index in [0.29, 0.717) is 13.0 Å². The number of nitrogens with one attached hydrogen (secondary N) is 2. The van der Waals surface area contributed by atoms with Crippen molar-refractivity contribution in [2.45, 2.75) is 20.5 Å². The molecule has 0 saturated heterocycles. The Labute approximate surface area is 129 Å². The maximum atomic E-state index is 8.94. The van der Waals surface area contributed by atoms with Crippen LogP contribution in [0.4, 0.5) is 5.69 Å². The number of carbonyl (C=O) groups is 1. The molecule has 0 radical (unpaired) electrons. The van der Waals surface area contributed by atoms with E-state index in [1.807, 2.05) is 26.1 Å². The zero-order valence-electron chi connectivity index (χ0n) is 13.0. The molecule has 22 heavy (non-hydrogen) atoms. The molecule has 1 aromatic carbocycles. The lowest BCUT2D eigenvalue weighted by molar-refractivity contribution is -0.109. The molecule has 118 valence electrons. The zero-order valence-corrected chi connectivity index (χ0v) is 13.0. The first kappa shape index (κ1) is 17.4. The molecule has 0 aliphatic heterocycles. The number of rotatable bonds is 5. The van der Waals surface area contributed by atoms with Crippen molar-refractivity contribution in [1.29, 1.82) is 0 Å². The van der Waals surface area contributed by atoms with Crippen molar-refractivity contribution in [3.05, 3.63) is 47.5 Å². The highest BCUT2D eigenvalue weighted by molar-refractivity contribution is 5.53. The number of benzene rings is 1. The van der Waals surface area contributed by atoms with Crippen molar-refractivity contribution in [2.24, 2.45) is 5.84 Å². The van der Waals surface area contributed by atoms with Crippen LogP contribution in [0.3, 0.4) is 0 Å². The van der Waals surface area contributed by atoms with Crippen molar-refractivity contribution in [1.82, 2.24) is 15.4 Å². The number of aromatic nitrogens is 2. The van der Waals surface area contributed by atoms with Crippen molar-refractivity contribution in [3.63, 3.8) is 0 Å². The van der Waals surface area contributed by atoms with Crippen molar-refractivity contribution >= 4 is 12.1 Å². The molecule has 1 heterocycles. The summed E-state index contributed by atoms with van der Waals surface area (Å²) in [6, 6.07) is 6.15. The minimum atomic E-state index is 0.403. The molecule has 1 aromatic heterocycles. The van der Waals surface area contributed by atoms with Crippen molar-refractivity contribution in [3.8, 4) is 5.75 Å². The molecule has 0 fully saturated rings. The smallest absolute Gasteiger partial charge is 0.221 e. The van der Waals surface area contributed by atoms with Gasteiger partial charge in [-0.3, -0.25) is 10.2 Å². The SMILES string of the molecule is CNc1cccc(C)c1COc1cncnc1C.NNC=O. The Balaban J connectivity index is 0.000000541. The van der Waals surface area contributed by atoms with Gasteiger partial charge in [-0.05, 0) is 25.5 Å². The number of nitrogens with two attached hydrogens (primary N) is 1. The summed E-state index contributed by atoms with van der Waals surface area (Å²) in [5.74, 6) is 5.13. The third kappa shape index (κ3) is 5.02. The van der Waals surface area contributed by atoms with Gasteiger partial charge < -0.3 is 10.1 Å². The van der Waals surface area contributed by atoms with Crippen molar-refractivity contribution < 1.29 is 9.53 Å². The van der Waals surface area contributed by atoms with Crippen LogP contribution in [0.5, 0.6) is 5.75 Å². The molecule has 0 aliphatic rings. The van der Waals surface area contributed by atoms with Gasteiger partial charge in [-0.1, -0.05) is 12.1 Å². The van der Waals surface area contributed by atoms with E-state index in [2.05, 4.69) is 34.1 Å². The summed E-state index contributed by atoms with van der Waals surface area (Å²) in [5, 5.41) is 3.18. The standard InChI is InChI=1S/C14H17N3O.CH4N2O/c1-10-5-4-6-13(15-3)12(10)8-18-14-7-16-9-17-11(14)2;2-3-1-4/h4-7,9,15H,8H2,1-3H3;1H,2H2,(H,3,4). The van der Waals surface area contributed by atoms with Gasteiger partial charge in [-0.2, -0.15) is 0 Å². The predicted molar refractivity (Wildman–Crippen MR) is 85.2 cm³/mol. The summed E-state index contributed by atoms with van der Waals surface area (Å²) >= 11 is 0. The average molecular weight is 303 g/mol. The highest BCUT2D eigenvalue weighted by atomic mass is 16.5. The number of hydrazine groups is 1. The molecule has 0 saturated carbocycles. The lowest BCUT2D eigenvalue weighted by atomic mass is 10.1. The van der Waals surface area contributed by atoms with E-state index in [9.17, 15) is 0 Å². The van der Waals surface area contributed by atoms with E-state index in [1.165, 1.54) is 11.9 Å². The van der Waals surface area contributed by atoms with Gasteiger partial charge in [-0.15, -0.1) is 0 Å². The molecule has 2 rings (SSSR count). The van der Waals surface area contributed by atoms with Gasteiger partial charge in [0.05, 0.1) is 11.9 Å². The third-order valence-electron chi connectivity index (χ3n) is 2.99. The minimum absolute atomic E-state index is 0.403. The largest absolute Gasteiger partial charge is 0.485 e. The van der Waals surface area contributed by atoms with Gasteiger partial charge in [0, 0.05) is 18.3 Å². The van der Waals surface area contributed by atoms with Crippen LogP contribution >= 0.6 is 0 Å². The molecule has 7 nitrogen and oxygen atoms in total. The molecule has 4 N–H and O–H groups in total. The van der Waals surface area contributed by atoms with Gasteiger partial charge in [-0.25, -0.2) is 15.8 Å². The van der Waals surface area contributed by atoms with Gasteiger partial charge in [0.25, 0.3) is 0 Å². The number of anilines is 1. The van der Waals surface area contributed by atoms with Gasteiger partial charge >= 0.3 is 0 Å². The lowest BCUT2D eigenvalue weighted by Gasteiger charge is -2.13. The summed E-state index contributed by atoms with van der Waals surface area (Å²) in [6.45, 7) is 4.50. The summed E-state index contributed by atoms with van der Waals surface area (Å²) in [7, 11) is 1.91. The first-order valence-corrected chi connectivity index (χ1v) is 6.69. The van der Waals surface area contributed by atoms with E-state index in [4.69, 9.17) is 9.53 Å². The van der Waals surface area contributed by atoms with E-state index in [-0.39, 0.29) is 0 Å². The zero-order chi connectivity index (χ0) is 16.4. The average Bonchev–Trinajstić information content (AvgIpc) is 2.55. The summed E-state index contributed by atoms with van der Waals surface area (Å²) in [6.07, 6.45) is 3.62. The summed E-state index contributed by atoms with van der Waals surface area (Å²) < 4.78 is 5.78. The second-order valence-corrected chi connectivity index (χ2v) is 4.40. The second-order valence-electron chi connectivity index (χ2n) is 4.40. The Hall–Kier alpha value is -2.67. The number of nitrogens with zero attached hydrogens (tertiary/aromatic N) is 2. The molecule has 0 unspecified atom stereocenters. The van der Waals surface area contributed by atoms with E-state index < -0.39 is 0 Å². The molecule has 7 heteroatoms. The van der Waals surface area contributed by atoms with Crippen LogP contribution in [0.2, 0.25) is 0 Å². The van der Waals surface area contributed by atoms with E-state index in [0.717, 1.165) is 22.7 Å². The highest BCUT2D eigenvalue weighted by Gasteiger charge is 2.06. The molecular formula is C15H21N5O2. The highest BCUT2D eigenvalue weighted by Crippen LogP contribution is 2.22. The number of aryl methyl sites for hydroxylation is 2. The van der Waals surface area contributed by atoms with Crippen LogP contribution < -0.4 is 21.3 Å². The summed E-state index contributed by atoms with van der Waals surface area (Å²) in [4.78, 5) is 17.0. The molecule has 0 aliphatic carbocycles. The van der Waals surface area contributed by atoms with Crippen LogP contribution in [-0.4, -0.2) is 23.4 Å². The topological polar surface area (TPSA) is 102 Å². The predicted octanol–water partition coefficient (Wildman–Crippen LogP) is 1.32. The minimum Gasteiger partial charge on any atom is -0.485 e. The number of carbonyl (C=O) groups excluding carboxylic acids is 1. The monoisotopic (exact) mass is 303 g/mol. The quantitative estimate of drug-likeness (QED) is 0.333. The summed E-state index contributed by atoms with van der Waals surface area (Å²) in [5.41, 5.74) is 6.05. The lowest BCUT2D eigenvalue weighted by Crippen LogP contribution is -2.18. The normalized spacial score (nSPS) is 9.27. The fraction of sp³-hybridized carbons (Fsp3) is 0.267. The van der Waals surface area contributed by atoms with E-state index in [1.54, 1.807) is 11.6 Å². The number of amides is 1. The first-order valence-electron chi connectivity index (χ1n) is 6.69. The van der Waals surface area contributed by atoms with Crippen molar-refractivity contribution in [2.75, 3.05) is 12.4 Å².